The molecule has 7 heteroatoms. The largest absolute Gasteiger partial charge is 0.383 e. The summed E-state index contributed by atoms with van der Waals surface area (Å²) in [4.78, 5) is 18.2. The third-order valence-corrected chi connectivity index (χ3v) is 4.48. The maximum atomic E-state index is 12.2. The number of aryl methyl sites for hydroxylation is 1. The van der Waals surface area contributed by atoms with Gasteiger partial charge < -0.3 is 15.5 Å². The average molecular weight is 328 g/mol. The smallest absolute Gasteiger partial charge is 0.317 e. The number of H-pyrrole nitrogens is 1. The molecule has 0 bridgehead atoms. The number of pyridine rings is 1. The Labute approximate surface area is 141 Å². The number of rotatable bonds is 5. The Hall–Kier alpha value is -2.57. The van der Waals surface area contributed by atoms with E-state index in [1.54, 1.807) is 12.4 Å². The molecule has 0 spiro atoms. The summed E-state index contributed by atoms with van der Waals surface area (Å²) in [6.45, 7) is 4.87. The number of aromatic amines is 1. The Morgan fingerprint density at radius 2 is 2.12 bits per heavy atom. The van der Waals surface area contributed by atoms with Crippen molar-refractivity contribution in [2.24, 2.45) is 0 Å². The zero-order valence-corrected chi connectivity index (χ0v) is 14.0. The fourth-order valence-corrected chi connectivity index (χ4v) is 3.04. The van der Waals surface area contributed by atoms with Crippen LogP contribution in [-0.4, -0.2) is 52.3 Å². The Kier molecular flexibility index (Phi) is 5.30. The van der Waals surface area contributed by atoms with Crippen LogP contribution in [0.1, 0.15) is 30.0 Å². The van der Waals surface area contributed by atoms with Gasteiger partial charge in [0.1, 0.15) is 0 Å². The summed E-state index contributed by atoms with van der Waals surface area (Å²) in [5, 5.41) is 13.3. The third kappa shape index (κ3) is 4.04. The number of urea groups is 1. The standard InChI is InChI=1S/C17H24N6O/c1-13-12-18-6-2-15(13)19-8-9-20-17(24)23-10-4-14(5-11-23)16-3-7-21-22-16/h2-3,6-7,12,14H,4-5,8-11H2,1H3,(H,18,19)(H,20,24)(H,21,22). The number of likely N-dealkylation sites (tertiary alicyclic amines) is 1. The summed E-state index contributed by atoms with van der Waals surface area (Å²) < 4.78 is 0. The van der Waals surface area contributed by atoms with Crippen molar-refractivity contribution in [3.8, 4) is 0 Å². The van der Waals surface area contributed by atoms with Crippen molar-refractivity contribution in [1.82, 2.24) is 25.4 Å². The monoisotopic (exact) mass is 328 g/mol. The SMILES string of the molecule is Cc1cnccc1NCCNC(=O)N1CCC(c2ccn[nH]2)CC1. The van der Waals surface area contributed by atoms with E-state index in [1.807, 2.05) is 30.2 Å². The van der Waals surface area contributed by atoms with Crippen LogP contribution in [0.3, 0.4) is 0 Å². The van der Waals surface area contributed by atoms with E-state index >= 15 is 0 Å². The van der Waals surface area contributed by atoms with Crippen molar-refractivity contribution in [2.45, 2.75) is 25.7 Å². The lowest BCUT2D eigenvalue weighted by molar-refractivity contribution is 0.181. The molecular weight excluding hydrogens is 304 g/mol. The number of carbonyl (C=O) groups excluding carboxylic acids is 1. The highest BCUT2D eigenvalue weighted by atomic mass is 16.2. The first-order chi connectivity index (χ1) is 11.7. The van der Waals surface area contributed by atoms with E-state index in [4.69, 9.17) is 0 Å². The topological polar surface area (TPSA) is 85.9 Å². The Morgan fingerprint density at radius 3 is 2.83 bits per heavy atom. The highest BCUT2D eigenvalue weighted by molar-refractivity contribution is 5.74. The number of aromatic nitrogens is 3. The molecule has 1 saturated heterocycles. The quantitative estimate of drug-likeness (QED) is 0.734. The molecule has 0 aromatic carbocycles. The lowest BCUT2D eigenvalue weighted by atomic mass is 9.94. The second-order valence-electron chi connectivity index (χ2n) is 6.12. The zero-order valence-electron chi connectivity index (χ0n) is 14.0. The molecule has 3 N–H and O–H groups in total. The van der Waals surface area contributed by atoms with Crippen molar-refractivity contribution < 1.29 is 4.79 Å². The minimum atomic E-state index is 0.0197. The third-order valence-electron chi connectivity index (χ3n) is 4.48. The van der Waals surface area contributed by atoms with Gasteiger partial charge in [-0.25, -0.2) is 4.79 Å². The number of anilines is 1. The molecular formula is C17H24N6O. The summed E-state index contributed by atoms with van der Waals surface area (Å²) in [5.41, 5.74) is 3.33. The molecule has 0 atom stereocenters. The number of piperidine rings is 1. The van der Waals surface area contributed by atoms with Gasteiger partial charge in [0.15, 0.2) is 0 Å². The lowest BCUT2D eigenvalue weighted by Gasteiger charge is -2.31. The molecule has 0 saturated carbocycles. The summed E-state index contributed by atoms with van der Waals surface area (Å²) in [5.74, 6) is 0.480. The summed E-state index contributed by atoms with van der Waals surface area (Å²) in [6.07, 6.45) is 7.32. The normalized spacial score (nSPS) is 15.3. The molecule has 3 heterocycles. The summed E-state index contributed by atoms with van der Waals surface area (Å²) in [6, 6.07) is 3.98. The van der Waals surface area contributed by atoms with Crippen LogP contribution in [0.2, 0.25) is 0 Å². The molecule has 2 amide bonds. The molecule has 1 aliphatic heterocycles. The van der Waals surface area contributed by atoms with Gasteiger partial charge in [0.25, 0.3) is 0 Å². The van der Waals surface area contributed by atoms with Crippen LogP contribution in [-0.2, 0) is 0 Å². The molecule has 1 fully saturated rings. The van der Waals surface area contributed by atoms with Gasteiger partial charge in [0.2, 0.25) is 0 Å². The highest BCUT2D eigenvalue weighted by Crippen LogP contribution is 2.26. The van der Waals surface area contributed by atoms with E-state index in [1.165, 1.54) is 5.69 Å². The van der Waals surface area contributed by atoms with E-state index in [0.29, 0.717) is 19.0 Å². The highest BCUT2D eigenvalue weighted by Gasteiger charge is 2.24. The maximum Gasteiger partial charge on any atom is 0.317 e. The van der Waals surface area contributed by atoms with Gasteiger partial charge >= 0.3 is 6.03 Å². The number of carbonyl (C=O) groups is 1. The van der Waals surface area contributed by atoms with E-state index < -0.39 is 0 Å². The number of nitrogens with zero attached hydrogens (tertiary/aromatic N) is 3. The predicted molar refractivity (Wildman–Crippen MR) is 93.0 cm³/mol. The van der Waals surface area contributed by atoms with Gasteiger partial charge in [-0.15, -0.1) is 0 Å². The second-order valence-corrected chi connectivity index (χ2v) is 6.12. The van der Waals surface area contributed by atoms with Crippen LogP contribution < -0.4 is 10.6 Å². The molecule has 0 unspecified atom stereocenters. The van der Waals surface area contributed by atoms with Crippen molar-refractivity contribution in [1.29, 1.82) is 0 Å². The number of hydrogen-bond acceptors (Lipinski definition) is 4. The molecule has 128 valence electrons. The molecule has 0 radical (unpaired) electrons. The fourth-order valence-electron chi connectivity index (χ4n) is 3.04. The van der Waals surface area contributed by atoms with E-state index in [0.717, 1.165) is 37.2 Å². The molecule has 24 heavy (non-hydrogen) atoms. The first-order valence-corrected chi connectivity index (χ1v) is 8.40. The molecule has 3 rings (SSSR count). The van der Waals surface area contributed by atoms with Gasteiger partial charge in [-0.1, -0.05) is 0 Å². The second kappa shape index (κ2) is 7.81. The number of nitrogens with one attached hydrogen (secondary N) is 3. The van der Waals surface area contributed by atoms with Crippen molar-refractivity contribution in [3.05, 3.63) is 42.0 Å². The molecule has 2 aromatic heterocycles. The van der Waals surface area contributed by atoms with E-state index in [9.17, 15) is 4.79 Å². The minimum Gasteiger partial charge on any atom is -0.383 e. The van der Waals surface area contributed by atoms with E-state index in [2.05, 4.69) is 25.8 Å². The van der Waals surface area contributed by atoms with Crippen LogP contribution >= 0.6 is 0 Å². The molecule has 2 aromatic rings. The van der Waals surface area contributed by atoms with Crippen LogP contribution in [0.4, 0.5) is 10.5 Å². The summed E-state index contributed by atoms with van der Waals surface area (Å²) in [7, 11) is 0. The van der Waals surface area contributed by atoms with Gasteiger partial charge in [-0.05, 0) is 37.5 Å². The predicted octanol–water partition coefficient (Wildman–Crippen LogP) is 2.11. The van der Waals surface area contributed by atoms with Gasteiger partial charge in [-0.2, -0.15) is 5.10 Å². The Balaban J connectivity index is 1.36. The minimum absolute atomic E-state index is 0.0197. The van der Waals surface area contributed by atoms with E-state index in [-0.39, 0.29) is 6.03 Å². The number of hydrogen-bond donors (Lipinski definition) is 3. The van der Waals surface area contributed by atoms with Gasteiger partial charge in [0, 0.05) is 62.1 Å². The maximum absolute atomic E-state index is 12.2. The van der Waals surface area contributed by atoms with Gasteiger partial charge in [0.05, 0.1) is 0 Å². The Morgan fingerprint density at radius 1 is 1.29 bits per heavy atom. The first-order valence-electron chi connectivity index (χ1n) is 8.40. The molecule has 1 aliphatic rings. The molecule has 7 nitrogen and oxygen atoms in total. The van der Waals surface area contributed by atoms with Crippen LogP contribution in [0.5, 0.6) is 0 Å². The number of amides is 2. The molecule has 0 aliphatic carbocycles. The zero-order chi connectivity index (χ0) is 16.8. The fraction of sp³-hybridized carbons (Fsp3) is 0.471. The van der Waals surface area contributed by atoms with Crippen LogP contribution in [0.15, 0.2) is 30.7 Å². The lowest BCUT2D eigenvalue weighted by Crippen LogP contribution is -2.45. The van der Waals surface area contributed by atoms with Crippen LogP contribution in [0.25, 0.3) is 0 Å². The summed E-state index contributed by atoms with van der Waals surface area (Å²) >= 11 is 0. The van der Waals surface area contributed by atoms with Crippen LogP contribution in [0, 0.1) is 6.92 Å². The van der Waals surface area contributed by atoms with Crippen molar-refractivity contribution in [2.75, 3.05) is 31.5 Å². The van der Waals surface area contributed by atoms with Gasteiger partial charge in [-0.3, -0.25) is 10.1 Å². The van der Waals surface area contributed by atoms with Crippen molar-refractivity contribution in [3.63, 3.8) is 0 Å². The first kappa shape index (κ1) is 16.3. The average Bonchev–Trinajstić information content (AvgIpc) is 3.15. The van der Waals surface area contributed by atoms with Crippen molar-refractivity contribution >= 4 is 11.7 Å². The Bertz CT molecular complexity index is 649.